The Kier molecular flexibility index (Phi) is 6.78. The Balaban J connectivity index is 1.52. The van der Waals surface area contributed by atoms with Gasteiger partial charge in [0.25, 0.3) is 0 Å². The third-order valence-corrected chi connectivity index (χ3v) is 6.28. The molecule has 4 rings (SSSR count). The molecule has 0 bridgehead atoms. The van der Waals surface area contributed by atoms with E-state index in [1.54, 1.807) is 36.4 Å². The van der Waals surface area contributed by atoms with Gasteiger partial charge < -0.3 is 20.0 Å². The van der Waals surface area contributed by atoms with Gasteiger partial charge in [-0.1, -0.05) is 0 Å². The summed E-state index contributed by atoms with van der Waals surface area (Å²) in [5, 5.41) is 22.4. The lowest BCUT2D eigenvalue weighted by Gasteiger charge is -2.25. The van der Waals surface area contributed by atoms with E-state index in [9.17, 15) is 19.8 Å². The van der Waals surface area contributed by atoms with E-state index in [1.807, 2.05) is 9.80 Å². The highest BCUT2D eigenvalue weighted by Gasteiger charge is 2.15. The molecule has 6 nitrogen and oxygen atoms in total. The number of fused-ring (bicyclic) bond motifs is 1. The highest BCUT2D eigenvalue weighted by Crippen LogP contribution is 2.31. The van der Waals surface area contributed by atoms with Gasteiger partial charge in [-0.3, -0.25) is 9.59 Å². The SMILES string of the molecule is O=C(C=Cc1cc2cc(O)c(C=CC(=O)N3CCCCC3)cc2cc1O)N1CCCCC1. The molecule has 2 saturated heterocycles. The number of rotatable bonds is 4. The number of benzene rings is 2. The fraction of sp³-hybridized carbons (Fsp3) is 0.385. The molecule has 2 fully saturated rings. The van der Waals surface area contributed by atoms with Gasteiger partial charge in [-0.15, -0.1) is 0 Å². The van der Waals surface area contributed by atoms with Crippen LogP contribution in [-0.2, 0) is 9.59 Å². The number of phenols is 2. The van der Waals surface area contributed by atoms with E-state index in [1.165, 1.54) is 12.2 Å². The van der Waals surface area contributed by atoms with E-state index in [0.717, 1.165) is 75.5 Å². The number of phenolic OH excluding ortho intramolecular Hbond substituents is 2. The smallest absolute Gasteiger partial charge is 0.246 e. The Labute approximate surface area is 188 Å². The van der Waals surface area contributed by atoms with Crippen molar-refractivity contribution in [2.45, 2.75) is 38.5 Å². The molecule has 2 aliphatic rings. The number of carbonyl (C=O) groups excluding carboxylic acids is 2. The van der Waals surface area contributed by atoms with Gasteiger partial charge in [-0.25, -0.2) is 0 Å². The summed E-state index contributed by atoms with van der Waals surface area (Å²) in [6, 6.07) is 6.72. The van der Waals surface area contributed by atoms with Crippen molar-refractivity contribution in [3.8, 4) is 11.5 Å². The molecule has 0 aromatic heterocycles. The molecule has 0 unspecified atom stereocenters. The number of aromatic hydroxyl groups is 2. The van der Waals surface area contributed by atoms with Crippen molar-refractivity contribution in [1.82, 2.24) is 9.80 Å². The zero-order chi connectivity index (χ0) is 22.5. The molecule has 2 aromatic rings. The second kappa shape index (κ2) is 9.90. The van der Waals surface area contributed by atoms with Gasteiger partial charge >= 0.3 is 0 Å². The number of piperidine rings is 2. The summed E-state index contributed by atoms with van der Waals surface area (Å²) in [5.74, 6) is 0.0206. The van der Waals surface area contributed by atoms with Crippen LogP contribution in [0.3, 0.4) is 0 Å². The number of hydrogen-bond acceptors (Lipinski definition) is 4. The Bertz CT molecular complexity index is 976. The Morgan fingerprint density at radius 2 is 1.00 bits per heavy atom. The lowest BCUT2D eigenvalue weighted by atomic mass is 10.0. The van der Waals surface area contributed by atoms with Gasteiger partial charge in [0, 0.05) is 49.5 Å². The molecule has 2 N–H and O–H groups in total. The molecule has 0 atom stereocenters. The van der Waals surface area contributed by atoms with Crippen molar-refractivity contribution in [3.63, 3.8) is 0 Å². The monoisotopic (exact) mass is 434 g/mol. The summed E-state index contributed by atoms with van der Waals surface area (Å²) >= 11 is 0. The van der Waals surface area contributed by atoms with Crippen LogP contribution in [0, 0.1) is 0 Å². The largest absolute Gasteiger partial charge is 0.507 e. The van der Waals surface area contributed by atoms with Crippen molar-refractivity contribution in [3.05, 3.63) is 47.5 Å². The van der Waals surface area contributed by atoms with Crippen LogP contribution in [0.2, 0.25) is 0 Å². The maximum Gasteiger partial charge on any atom is 0.246 e. The van der Waals surface area contributed by atoms with Gasteiger partial charge in [0.1, 0.15) is 11.5 Å². The second-order valence-corrected chi connectivity index (χ2v) is 8.61. The maximum absolute atomic E-state index is 12.4. The predicted molar refractivity (Wildman–Crippen MR) is 126 cm³/mol. The quantitative estimate of drug-likeness (QED) is 0.703. The van der Waals surface area contributed by atoms with E-state index in [-0.39, 0.29) is 23.3 Å². The maximum atomic E-state index is 12.4. The standard InChI is InChI=1S/C26H30N2O4/c29-23-17-22-16-20(8-10-26(32)28-13-5-2-6-14-28)24(30)18-21(22)15-19(23)7-9-25(31)27-11-3-1-4-12-27/h7-10,15-18,29-30H,1-6,11-14H2. The van der Waals surface area contributed by atoms with Crippen LogP contribution in [0.25, 0.3) is 22.9 Å². The average molecular weight is 435 g/mol. The summed E-state index contributed by atoms with van der Waals surface area (Å²) in [6.07, 6.45) is 12.7. The normalized spacial score (nSPS) is 17.5. The molecule has 2 amide bonds. The van der Waals surface area contributed by atoms with Crippen LogP contribution >= 0.6 is 0 Å². The first-order chi connectivity index (χ1) is 15.5. The van der Waals surface area contributed by atoms with Crippen LogP contribution < -0.4 is 0 Å². The predicted octanol–water partition coefficient (Wildman–Crippen LogP) is 4.30. The number of nitrogens with zero attached hydrogens (tertiary/aromatic N) is 2. The first-order valence-corrected chi connectivity index (χ1v) is 11.4. The minimum atomic E-state index is -0.0501. The third kappa shape index (κ3) is 5.13. The van der Waals surface area contributed by atoms with Gasteiger partial charge in [-0.05, 0) is 85.7 Å². The molecule has 0 spiro atoms. The van der Waals surface area contributed by atoms with Crippen molar-refractivity contribution in [1.29, 1.82) is 0 Å². The fourth-order valence-electron chi connectivity index (χ4n) is 4.39. The van der Waals surface area contributed by atoms with Gasteiger partial charge in [0.15, 0.2) is 0 Å². The van der Waals surface area contributed by atoms with E-state index < -0.39 is 0 Å². The van der Waals surface area contributed by atoms with E-state index in [2.05, 4.69) is 0 Å². The fourth-order valence-corrected chi connectivity index (χ4v) is 4.39. The molecule has 168 valence electrons. The Morgan fingerprint density at radius 1 is 0.625 bits per heavy atom. The number of carbonyl (C=O) groups is 2. The summed E-state index contributed by atoms with van der Waals surface area (Å²) in [5.41, 5.74) is 1.04. The lowest BCUT2D eigenvalue weighted by Crippen LogP contribution is -2.34. The van der Waals surface area contributed by atoms with Crippen molar-refractivity contribution in [2.75, 3.05) is 26.2 Å². The van der Waals surface area contributed by atoms with Gasteiger partial charge in [0.2, 0.25) is 11.8 Å². The molecule has 0 aliphatic carbocycles. The molecule has 2 aromatic carbocycles. The summed E-state index contributed by atoms with van der Waals surface area (Å²) in [6.45, 7) is 3.10. The summed E-state index contributed by atoms with van der Waals surface area (Å²) < 4.78 is 0. The number of hydrogen-bond donors (Lipinski definition) is 2. The van der Waals surface area contributed by atoms with E-state index in [0.29, 0.717) is 11.1 Å². The van der Waals surface area contributed by atoms with E-state index >= 15 is 0 Å². The first-order valence-electron chi connectivity index (χ1n) is 11.4. The van der Waals surface area contributed by atoms with Crippen LogP contribution in [0.4, 0.5) is 0 Å². The van der Waals surface area contributed by atoms with Gasteiger partial charge in [-0.2, -0.15) is 0 Å². The Morgan fingerprint density at radius 3 is 1.38 bits per heavy atom. The second-order valence-electron chi connectivity index (χ2n) is 8.61. The van der Waals surface area contributed by atoms with Crippen LogP contribution in [0.1, 0.15) is 49.7 Å². The summed E-state index contributed by atoms with van der Waals surface area (Å²) in [7, 11) is 0. The van der Waals surface area contributed by atoms with Crippen molar-refractivity contribution < 1.29 is 19.8 Å². The molecule has 2 aliphatic heterocycles. The molecular weight excluding hydrogens is 404 g/mol. The highest BCUT2D eigenvalue weighted by atomic mass is 16.3. The Hall–Kier alpha value is -3.28. The molecular formula is C26H30N2O4. The molecule has 0 saturated carbocycles. The first kappa shape index (κ1) is 21.9. The zero-order valence-electron chi connectivity index (χ0n) is 18.3. The minimum Gasteiger partial charge on any atom is -0.507 e. The van der Waals surface area contributed by atoms with Gasteiger partial charge in [0.05, 0.1) is 0 Å². The van der Waals surface area contributed by atoms with E-state index in [4.69, 9.17) is 0 Å². The molecule has 32 heavy (non-hydrogen) atoms. The van der Waals surface area contributed by atoms with Crippen LogP contribution in [-0.4, -0.2) is 58.0 Å². The van der Waals surface area contributed by atoms with Crippen LogP contribution in [0.15, 0.2) is 36.4 Å². The van der Waals surface area contributed by atoms with Crippen LogP contribution in [0.5, 0.6) is 11.5 Å². The lowest BCUT2D eigenvalue weighted by molar-refractivity contribution is -0.127. The third-order valence-electron chi connectivity index (χ3n) is 6.28. The number of amides is 2. The highest BCUT2D eigenvalue weighted by molar-refractivity contribution is 5.96. The molecule has 2 heterocycles. The topological polar surface area (TPSA) is 81.1 Å². The molecule has 0 radical (unpaired) electrons. The minimum absolute atomic E-state index is 0.0501. The van der Waals surface area contributed by atoms with Crippen molar-refractivity contribution >= 4 is 34.7 Å². The summed E-state index contributed by atoms with van der Waals surface area (Å²) in [4.78, 5) is 28.4. The van der Waals surface area contributed by atoms with Crippen molar-refractivity contribution in [2.24, 2.45) is 0 Å². The average Bonchev–Trinajstić information content (AvgIpc) is 2.82. The molecule has 6 heteroatoms. The number of likely N-dealkylation sites (tertiary alicyclic amines) is 2. The zero-order valence-corrected chi connectivity index (χ0v) is 18.3.